The van der Waals surface area contributed by atoms with Crippen molar-refractivity contribution in [2.24, 2.45) is 17.6 Å². The number of fused-ring (bicyclic) bond motifs is 3. The number of methoxy groups -OCH3 is 1. The molecule has 81 heavy (non-hydrogen) atoms. The molecule has 0 bridgehead atoms. The minimum Gasteiger partial charge on any atom is -0.449 e. The average molecular weight is 1140 g/mol. The first kappa shape index (κ1) is 67.4. The molecule has 22 nitrogen and oxygen atoms in total. The van der Waals surface area contributed by atoms with E-state index in [4.69, 9.17) is 53.1 Å². The van der Waals surface area contributed by atoms with E-state index in [2.05, 4.69) is 45.5 Å². The predicted molar refractivity (Wildman–Crippen MR) is 303 cm³/mol. The molecule has 3 aromatic rings. The lowest BCUT2D eigenvalue weighted by atomic mass is 9.88. The molecule has 6 N–H and O–H groups in total. The van der Waals surface area contributed by atoms with Crippen LogP contribution in [-0.2, 0) is 74.8 Å². The quantitative estimate of drug-likeness (QED) is 0.0475. The van der Waals surface area contributed by atoms with Gasteiger partial charge in [-0.3, -0.25) is 14.4 Å². The Labute approximate surface area is 477 Å². The molecule has 0 aliphatic heterocycles. The molecular weight excluding hydrogens is 1050 g/mol. The number of carbonyl (C=O) groups is 6. The molecular formula is C59H88N6O16. The second kappa shape index (κ2) is 41.0. The number of urea groups is 1. The Balaban J connectivity index is 1.09. The van der Waals surface area contributed by atoms with Crippen molar-refractivity contribution >= 4 is 35.7 Å². The van der Waals surface area contributed by atoms with Crippen molar-refractivity contribution in [3.05, 3.63) is 95.1 Å². The van der Waals surface area contributed by atoms with Crippen LogP contribution in [-0.4, -0.2) is 199 Å². The molecule has 4 rings (SSSR count). The number of alkyl carbamates (subject to hydrolysis) is 1. The standard InChI is InChI=1S/C59H88N6O16/c1-44(2)52(41-47(66)19-25-73-30-33-77-38-39-79-37-36-76-29-28-72-4)56(68)64-54(14-9-20-62-57(60)69)55(67)40-45-15-17-46(18-16-45)42-81-59(71)65(23-21-61-3)24-27-75-32-35-78-34-31-74-26-22-63-58(70)80-43-53-50-12-7-5-10-48(50)49-11-6-8-13-51(49)53/h5-8,10-13,15-18,44,52-54,61H,9,14,19-43H2,1-4H3,(H,63,70)(H,64,68)(H3,60,62,69)/t52-,54-/m0/s1. The summed E-state index contributed by atoms with van der Waals surface area (Å²) in [4.78, 5) is 78.9. The van der Waals surface area contributed by atoms with Crippen LogP contribution in [0.2, 0.25) is 0 Å². The van der Waals surface area contributed by atoms with Gasteiger partial charge in [0.15, 0.2) is 5.78 Å². The largest absolute Gasteiger partial charge is 0.449 e. The van der Waals surface area contributed by atoms with Crippen molar-refractivity contribution in [3.63, 3.8) is 0 Å². The van der Waals surface area contributed by atoms with E-state index in [1.54, 1.807) is 43.3 Å². The van der Waals surface area contributed by atoms with Crippen LogP contribution in [0.1, 0.15) is 67.7 Å². The molecule has 0 radical (unpaired) electrons. The number of likely N-dealkylation sites (N-methyl/N-ethyl adjacent to an activating group) is 1. The fraction of sp³-hybridized carbons (Fsp3) is 0.593. The van der Waals surface area contributed by atoms with Crippen LogP contribution >= 0.6 is 0 Å². The van der Waals surface area contributed by atoms with Gasteiger partial charge in [-0.25, -0.2) is 14.4 Å². The number of amides is 5. The number of nitrogens with two attached hydrogens (primary N) is 1. The van der Waals surface area contributed by atoms with E-state index in [0.29, 0.717) is 130 Å². The summed E-state index contributed by atoms with van der Waals surface area (Å²) in [6, 6.07) is 21.9. The summed E-state index contributed by atoms with van der Waals surface area (Å²) in [5.74, 6) is -1.68. The average Bonchev–Trinajstić information content (AvgIpc) is 3.90. The highest BCUT2D eigenvalue weighted by Gasteiger charge is 2.31. The van der Waals surface area contributed by atoms with Gasteiger partial charge in [0, 0.05) is 70.9 Å². The minimum absolute atomic E-state index is 0.000261. The molecule has 0 unspecified atom stereocenters. The number of primary amides is 1. The van der Waals surface area contributed by atoms with Crippen LogP contribution in [0.25, 0.3) is 11.1 Å². The van der Waals surface area contributed by atoms with Gasteiger partial charge in [-0.2, -0.15) is 0 Å². The molecule has 0 saturated heterocycles. The van der Waals surface area contributed by atoms with Crippen LogP contribution in [0.4, 0.5) is 14.4 Å². The molecule has 22 heteroatoms. The fourth-order valence-corrected chi connectivity index (χ4v) is 8.63. The van der Waals surface area contributed by atoms with Gasteiger partial charge in [-0.05, 0) is 59.2 Å². The molecule has 1 aliphatic carbocycles. The summed E-state index contributed by atoms with van der Waals surface area (Å²) in [6.07, 6.45) is -0.299. The number of benzene rings is 3. The minimum atomic E-state index is -0.890. The highest BCUT2D eigenvalue weighted by atomic mass is 16.6. The molecule has 2 atom stereocenters. The SMILES string of the molecule is CNCCN(CCOCCOCCOCCNC(=O)OCC1c2ccccc2-c2ccccc21)C(=O)OCc1ccc(CC(=O)[C@H](CCCNC(N)=O)NC(=O)[C@@H](CC(=O)CCOCCOCCOCCOCCOC)C(C)C)cc1. The van der Waals surface area contributed by atoms with Crippen molar-refractivity contribution in [1.29, 1.82) is 0 Å². The van der Waals surface area contributed by atoms with E-state index in [-0.39, 0.29) is 82.1 Å². The Morgan fingerprint density at radius 1 is 0.605 bits per heavy atom. The van der Waals surface area contributed by atoms with Crippen LogP contribution in [0.5, 0.6) is 0 Å². The predicted octanol–water partition coefficient (Wildman–Crippen LogP) is 4.81. The lowest BCUT2D eigenvalue weighted by Crippen LogP contribution is -2.46. The zero-order valence-electron chi connectivity index (χ0n) is 47.9. The lowest BCUT2D eigenvalue weighted by molar-refractivity contribution is -0.134. The van der Waals surface area contributed by atoms with Gasteiger partial charge in [0.05, 0.1) is 105 Å². The number of nitrogens with one attached hydrogen (secondary N) is 4. The molecule has 5 amide bonds. The highest BCUT2D eigenvalue weighted by molar-refractivity contribution is 5.93. The zero-order valence-corrected chi connectivity index (χ0v) is 47.9. The van der Waals surface area contributed by atoms with Gasteiger partial charge in [-0.15, -0.1) is 0 Å². The van der Waals surface area contributed by atoms with Crippen molar-refractivity contribution in [2.45, 2.75) is 64.5 Å². The second-order valence-corrected chi connectivity index (χ2v) is 19.5. The first-order valence-corrected chi connectivity index (χ1v) is 28.1. The van der Waals surface area contributed by atoms with E-state index < -0.39 is 36.1 Å². The van der Waals surface area contributed by atoms with Gasteiger partial charge >= 0.3 is 18.2 Å². The highest BCUT2D eigenvalue weighted by Crippen LogP contribution is 2.44. The Kier molecular flexibility index (Phi) is 34.1. The Bertz CT molecular complexity index is 2240. The van der Waals surface area contributed by atoms with E-state index in [9.17, 15) is 28.8 Å². The Hall–Kier alpha value is -6.08. The molecule has 450 valence electrons. The van der Waals surface area contributed by atoms with E-state index in [1.807, 2.05) is 38.1 Å². The third kappa shape index (κ3) is 27.5. The maximum atomic E-state index is 13.8. The molecule has 1 aliphatic rings. The van der Waals surface area contributed by atoms with Gasteiger partial charge in [0.1, 0.15) is 19.0 Å². The number of ether oxygens (including phenoxy) is 10. The van der Waals surface area contributed by atoms with Crippen LogP contribution in [0.15, 0.2) is 72.8 Å². The number of rotatable bonds is 46. The lowest BCUT2D eigenvalue weighted by Gasteiger charge is -2.24. The smallest absolute Gasteiger partial charge is 0.410 e. The van der Waals surface area contributed by atoms with Gasteiger partial charge in [0.25, 0.3) is 0 Å². The maximum absolute atomic E-state index is 13.8. The van der Waals surface area contributed by atoms with Crippen LogP contribution in [0, 0.1) is 11.8 Å². The summed E-state index contributed by atoms with van der Waals surface area (Å²) in [6.45, 7) is 11.2. The Morgan fingerprint density at radius 2 is 1.15 bits per heavy atom. The number of ketones is 2. The molecule has 0 spiro atoms. The van der Waals surface area contributed by atoms with E-state index in [1.165, 1.54) is 11.1 Å². The summed E-state index contributed by atoms with van der Waals surface area (Å²) < 4.78 is 54.9. The van der Waals surface area contributed by atoms with Crippen molar-refractivity contribution < 1.29 is 76.1 Å². The Morgan fingerprint density at radius 3 is 1.72 bits per heavy atom. The molecule has 0 saturated carbocycles. The second-order valence-electron chi connectivity index (χ2n) is 19.5. The van der Waals surface area contributed by atoms with E-state index >= 15 is 0 Å². The van der Waals surface area contributed by atoms with Crippen LogP contribution < -0.4 is 27.0 Å². The number of Topliss-reactive ketones (excluding diaryl/α,β-unsaturated/α-hetero) is 2. The van der Waals surface area contributed by atoms with Crippen molar-refractivity contribution in [2.75, 3.05) is 153 Å². The summed E-state index contributed by atoms with van der Waals surface area (Å²) in [5.41, 5.74) is 11.3. The van der Waals surface area contributed by atoms with Gasteiger partial charge < -0.3 is 79.3 Å². The zero-order chi connectivity index (χ0) is 58.3. The number of nitrogens with zero attached hydrogens (tertiary/aromatic N) is 1. The van der Waals surface area contributed by atoms with Gasteiger partial charge in [-0.1, -0.05) is 86.6 Å². The summed E-state index contributed by atoms with van der Waals surface area (Å²) >= 11 is 0. The number of hydrogen-bond acceptors (Lipinski definition) is 17. The summed E-state index contributed by atoms with van der Waals surface area (Å²) in [7, 11) is 3.41. The molecule has 0 aromatic heterocycles. The first-order valence-electron chi connectivity index (χ1n) is 28.1. The van der Waals surface area contributed by atoms with Crippen molar-refractivity contribution in [1.82, 2.24) is 26.2 Å². The fourth-order valence-electron chi connectivity index (χ4n) is 8.63. The molecule has 0 fully saturated rings. The van der Waals surface area contributed by atoms with Gasteiger partial charge in [0.2, 0.25) is 5.91 Å². The summed E-state index contributed by atoms with van der Waals surface area (Å²) in [5, 5.41) is 11.2. The molecule has 0 heterocycles. The monoisotopic (exact) mass is 1140 g/mol. The third-order valence-corrected chi connectivity index (χ3v) is 13.1. The van der Waals surface area contributed by atoms with Crippen LogP contribution in [0.3, 0.4) is 0 Å². The number of hydrogen-bond donors (Lipinski definition) is 5. The maximum Gasteiger partial charge on any atom is 0.410 e. The normalized spacial score (nSPS) is 12.6. The first-order chi connectivity index (χ1) is 39.4. The third-order valence-electron chi connectivity index (χ3n) is 13.1. The van der Waals surface area contributed by atoms with Crippen molar-refractivity contribution in [3.8, 4) is 11.1 Å². The molecule has 3 aromatic carbocycles. The van der Waals surface area contributed by atoms with E-state index in [0.717, 1.165) is 11.1 Å². The number of carbonyl (C=O) groups excluding carboxylic acids is 6. The topological polar surface area (TPSA) is 272 Å².